The lowest BCUT2D eigenvalue weighted by Crippen LogP contribution is -2.18. The summed E-state index contributed by atoms with van der Waals surface area (Å²) in [6.45, 7) is 4.62. The van der Waals surface area contributed by atoms with Gasteiger partial charge in [0, 0.05) is 0 Å². The molecule has 0 unspecified atom stereocenters. The maximum Gasteiger partial charge on any atom is 0.164 e. The van der Waals surface area contributed by atoms with Gasteiger partial charge in [0.1, 0.15) is 0 Å². The van der Waals surface area contributed by atoms with Crippen molar-refractivity contribution in [3.8, 4) is 0 Å². The minimum Gasteiger partial charge on any atom is -0.294 e. The third kappa shape index (κ3) is 2.73. The third-order valence-corrected chi connectivity index (χ3v) is 1.66. The van der Waals surface area contributed by atoms with E-state index in [0.29, 0.717) is 0 Å². The van der Waals surface area contributed by atoms with Crippen LogP contribution in [0.25, 0.3) is 0 Å². The fourth-order valence-corrected chi connectivity index (χ4v) is 1.20. The number of carbonyl (C=O) groups is 4. The fraction of sp³-hybridized carbons (Fsp3) is 0.400. The first kappa shape index (κ1) is 12.4. The lowest BCUT2D eigenvalue weighted by Gasteiger charge is -2.04. The summed E-state index contributed by atoms with van der Waals surface area (Å²) < 4.78 is 0. The number of rotatable bonds is 4. The molecular weight excluding hydrogens is 184 g/mol. The highest BCUT2D eigenvalue weighted by Gasteiger charge is 2.22. The summed E-state index contributed by atoms with van der Waals surface area (Å²) in [5, 5.41) is 0. The molecule has 0 aromatic heterocycles. The zero-order valence-electron chi connectivity index (χ0n) is 8.63. The smallest absolute Gasteiger partial charge is 0.164 e. The number of allylic oxidation sites excluding steroid dienone is 2. The van der Waals surface area contributed by atoms with Crippen LogP contribution in [0.1, 0.15) is 27.7 Å². The Labute approximate surface area is 82.0 Å². The van der Waals surface area contributed by atoms with E-state index < -0.39 is 23.1 Å². The molecule has 0 aliphatic rings. The highest BCUT2D eigenvalue weighted by atomic mass is 16.2. The van der Waals surface area contributed by atoms with E-state index in [0.717, 1.165) is 27.7 Å². The molecule has 0 aliphatic heterocycles. The van der Waals surface area contributed by atoms with Gasteiger partial charge in [0.15, 0.2) is 23.1 Å². The Kier molecular flexibility index (Phi) is 4.08. The van der Waals surface area contributed by atoms with E-state index >= 15 is 0 Å². The van der Waals surface area contributed by atoms with Crippen LogP contribution in [-0.4, -0.2) is 23.1 Å². The van der Waals surface area contributed by atoms with Crippen LogP contribution < -0.4 is 0 Å². The number of carbonyl (C=O) groups excluding carboxylic acids is 4. The van der Waals surface area contributed by atoms with Gasteiger partial charge in [-0.3, -0.25) is 19.2 Å². The highest BCUT2D eigenvalue weighted by molar-refractivity contribution is 6.31. The van der Waals surface area contributed by atoms with Crippen molar-refractivity contribution in [2.24, 2.45) is 0 Å². The second kappa shape index (κ2) is 4.60. The third-order valence-electron chi connectivity index (χ3n) is 1.66. The van der Waals surface area contributed by atoms with Crippen LogP contribution in [0.2, 0.25) is 0 Å². The molecule has 0 rings (SSSR count). The topological polar surface area (TPSA) is 68.3 Å². The molecule has 0 radical (unpaired) electrons. The van der Waals surface area contributed by atoms with Gasteiger partial charge < -0.3 is 0 Å². The van der Waals surface area contributed by atoms with E-state index in [4.69, 9.17) is 0 Å². The number of Topliss-reactive ketones (excluding diaryl/α,β-unsaturated/α-hetero) is 4. The molecule has 76 valence electrons. The summed E-state index contributed by atoms with van der Waals surface area (Å²) in [6, 6.07) is 0. The van der Waals surface area contributed by atoms with Crippen molar-refractivity contribution in [2.45, 2.75) is 27.7 Å². The molecule has 0 saturated heterocycles. The van der Waals surface area contributed by atoms with E-state index in [9.17, 15) is 19.2 Å². The van der Waals surface area contributed by atoms with Crippen LogP contribution in [0.15, 0.2) is 11.1 Å². The lowest BCUT2D eigenvalue weighted by molar-refractivity contribution is -0.124. The van der Waals surface area contributed by atoms with E-state index in [1.54, 1.807) is 0 Å². The van der Waals surface area contributed by atoms with E-state index in [-0.39, 0.29) is 11.1 Å². The van der Waals surface area contributed by atoms with Gasteiger partial charge in [0.05, 0.1) is 11.1 Å². The van der Waals surface area contributed by atoms with Crippen molar-refractivity contribution in [1.82, 2.24) is 0 Å². The van der Waals surface area contributed by atoms with Gasteiger partial charge in [-0.25, -0.2) is 0 Å². The van der Waals surface area contributed by atoms with Crippen LogP contribution in [0.3, 0.4) is 0 Å². The summed E-state index contributed by atoms with van der Waals surface area (Å²) >= 11 is 0. The van der Waals surface area contributed by atoms with Gasteiger partial charge in [-0.15, -0.1) is 0 Å². The Balaban J connectivity index is 5.76. The van der Waals surface area contributed by atoms with Gasteiger partial charge in [-0.05, 0) is 27.7 Å². The molecule has 0 saturated carbocycles. The van der Waals surface area contributed by atoms with E-state index in [1.165, 1.54) is 0 Å². The average Bonchev–Trinajstić information content (AvgIpc) is 1.96. The second-order valence-electron chi connectivity index (χ2n) is 2.97. The van der Waals surface area contributed by atoms with Crippen molar-refractivity contribution in [3.05, 3.63) is 11.1 Å². The number of hydrogen-bond acceptors (Lipinski definition) is 4. The minimum atomic E-state index is -0.557. The van der Waals surface area contributed by atoms with Crippen molar-refractivity contribution in [1.29, 1.82) is 0 Å². The molecule has 0 amide bonds. The first-order chi connectivity index (χ1) is 6.29. The maximum atomic E-state index is 11.1. The van der Waals surface area contributed by atoms with Crippen LogP contribution >= 0.6 is 0 Å². The van der Waals surface area contributed by atoms with Crippen LogP contribution in [0.5, 0.6) is 0 Å². The molecule has 0 aromatic rings. The lowest BCUT2D eigenvalue weighted by atomic mass is 9.96. The molecule has 0 aromatic carbocycles. The fourth-order valence-electron chi connectivity index (χ4n) is 1.20. The molecule has 0 heterocycles. The second-order valence-corrected chi connectivity index (χ2v) is 2.97. The normalized spacial score (nSPS) is 9.14. The van der Waals surface area contributed by atoms with Gasteiger partial charge in [0.2, 0.25) is 0 Å². The molecule has 0 N–H and O–H groups in total. The molecule has 0 spiro atoms. The zero-order chi connectivity index (χ0) is 11.5. The van der Waals surface area contributed by atoms with Gasteiger partial charge in [-0.2, -0.15) is 0 Å². The van der Waals surface area contributed by atoms with Crippen LogP contribution in [0.4, 0.5) is 0 Å². The molecule has 14 heavy (non-hydrogen) atoms. The Morgan fingerprint density at radius 3 is 0.714 bits per heavy atom. The molecular formula is C10H12O4. The summed E-state index contributed by atoms with van der Waals surface area (Å²) in [7, 11) is 0. The predicted octanol–water partition coefficient (Wildman–Crippen LogP) is 0.639. The van der Waals surface area contributed by atoms with E-state index in [2.05, 4.69) is 0 Å². The molecule has 4 heteroatoms. The Morgan fingerprint density at radius 1 is 0.500 bits per heavy atom. The van der Waals surface area contributed by atoms with E-state index in [1.807, 2.05) is 0 Å². The van der Waals surface area contributed by atoms with Crippen molar-refractivity contribution >= 4 is 23.1 Å². The molecule has 0 fully saturated rings. The Bertz CT molecular complexity index is 281. The highest BCUT2D eigenvalue weighted by Crippen LogP contribution is 2.10. The largest absolute Gasteiger partial charge is 0.294 e. The molecule has 0 bridgehead atoms. The molecule has 4 nitrogen and oxygen atoms in total. The summed E-state index contributed by atoms with van der Waals surface area (Å²) in [6.07, 6.45) is 0. The maximum absolute atomic E-state index is 11.1. The SMILES string of the molecule is CC(=O)C(C(C)=O)=C(C(C)=O)C(C)=O. The summed E-state index contributed by atoms with van der Waals surface area (Å²) in [5.41, 5.74) is -0.602. The van der Waals surface area contributed by atoms with Gasteiger partial charge in [-0.1, -0.05) is 0 Å². The van der Waals surface area contributed by atoms with Crippen molar-refractivity contribution in [2.75, 3.05) is 0 Å². The summed E-state index contributed by atoms with van der Waals surface area (Å²) in [5.74, 6) is -2.23. The minimum absolute atomic E-state index is 0.301. The number of hydrogen-bond donors (Lipinski definition) is 0. The first-order valence-electron chi connectivity index (χ1n) is 4.07. The first-order valence-corrected chi connectivity index (χ1v) is 4.07. The van der Waals surface area contributed by atoms with Crippen molar-refractivity contribution in [3.63, 3.8) is 0 Å². The molecule has 0 aliphatic carbocycles. The van der Waals surface area contributed by atoms with Gasteiger partial charge in [0.25, 0.3) is 0 Å². The summed E-state index contributed by atoms with van der Waals surface area (Å²) in [4.78, 5) is 44.2. The Morgan fingerprint density at radius 2 is 0.643 bits per heavy atom. The zero-order valence-corrected chi connectivity index (χ0v) is 8.63. The number of ketones is 4. The van der Waals surface area contributed by atoms with Crippen molar-refractivity contribution < 1.29 is 19.2 Å². The quantitative estimate of drug-likeness (QED) is 0.376. The Hall–Kier alpha value is -1.58. The van der Waals surface area contributed by atoms with Crippen LogP contribution in [-0.2, 0) is 19.2 Å². The molecule has 0 atom stereocenters. The van der Waals surface area contributed by atoms with Crippen LogP contribution in [0, 0.1) is 0 Å². The standard InChI is InChI=1S/C10H12O4/c1-5(11)9(6(2)12)10(7(3)13)8(4)14/h1-4H3. The van der Waals surface area contributed by atoms with Gasteiger partial charge >= 0.3 is 0 Å². The monoisotopic (exact) mass is 196 g/mol. The average molecular weight is 196 g/mol. The predicted molar refractivity (Wildman–Crippen MR) is 49.8 cm³/mol.